The van der Waals surface area contributed by atoms with Crippen molar-refractivity contribution in [2.75, 3.05) is 13.1 Å². The molecule has 27 heavy (non-hydrogen) atoms. The van der Waals surface area contributed by atoms with Crippen LogP contribution in [0.4, 0.5) is 0 Å². The normalized spacial score (nSPS) is 16.6. The van der Waals surface area contributed by atoms with Crippen LogP contribution >= 0.6 is 15.9 Å². The molecule has 0 aliphatic carbocycles. The van der Waals surface area contributed by atoms with Crippen LogP contribution in [-0.4, -0.2) is 54.4 Å². The molecular weight excluding hydrogens is 414 g/mol. The quantitative estimate of drug-likeness (QED) is 0.628. The highest BCUT2D eigenvalue weighted by Gasteiger charge is 2.33. The molecule has 1 aromatic carbocycles. The van der Waals surface area contributed by atoms with E-state index < -0.39 is 5.60 Å². The van der Waals surface area contributed by atoms with Gasteiger partial charge in [0.1, 0.15) is 11.7 Å². The molecule has 3 heterocycles. The number of carbonyl (C=O) groups excluding carboxylic acids is 1. The number of hydrogen-bond donors (Lipinski definition) is 1. The maximum atomic E-state index is 12.8. The summed E-state index contributed by atoms with van der Waals surface area (Å²) in [5, 5.41) is 15.5. The van der Waals surface area contributed by atoms with Gasteiger partial charge in [0, 0.05) is 17.6 Å². The Morgan fingerprint density at radius 2 is 1.93 bits per heavy atom. The zero-order chi connectivity index (χ0) is 19.0. The van der Waals surface area contributed by atoms with E-state index in [2.05, 4.69) is 26.0 Å². The lowest BCUT2D eigenvalue weighted by atomic mass is 9.91. The number of fused-ring (bicyclic) bond motifs is 1. The van der Waals surface area contributed by atoms with Crippen molar-refractivity contribution in [1.82, 2.24) is 24.2 Å². The number of likely N-dealkylation sites (tertiary alicyclic amines) is 1. The Hall–Kier alpha value is -2.52. The molecule has 0 radical (unpaired) electrons. The Balaban J connectivity index is 1.65. The third-order valence-electron chi connectivity index (χ3n) is 4.97. The Labute approximate surface area is 163 Å². The predicted octanol–water partition coefficient (Wildman–Crippen LogP) is 1.33. The van der Waals surface area contributed by atoms with Crippen molar-refractivity contribution < 1.29 is 9.90 Å². The number of nitrogens with zero attached hydrogens (tertiary/aromatic N) is 5. The SMILES string of the molecule is O=CN1CCC(O)(Cn2cnc3c(cnn3-c3ccc(Br)cc3)c2=O)CC1. The first-order valence-electron chi connectivity index (χ1n) is 8.60. The van der Waals surface area contributed by atoms with Crippen LogP contribution in [-0.2, 0) is 11.3 Å². The number of aliphatic hydroxyl groups is 1. The molecule has 1 N–H and O–H groups in total. The molecule has 0 spiro atoms. The van der Waals surface area contributed by atoms with Crippen LogP contribution < -0.4 is 5.56 Å². The Bertz CT molecular complexity index is 1040. The standard InChI is InChI=1S/C18H18BrN5O3/c19-13-1-3-14(4-2-13)24-16-15(9-21-24)17(26)23(11-20-16)10-18(27)5-7-22(12-25)8-6-18/h1-4,9,11-12,27H,5-8,10H2. The molecule has 4 rings (SSSR count). The second-order valence-electron chi connectivity index (χ2n) is 6.81. The van der Waals surface area contributed by atoms with Gasteiger partial charge in [0.15, 0.2) is 5.65 Å². The summed E-state index contributed by atoms with van der Waals surface area (Å²) in [5.74, 6) is 0. The van der Waals surface area contributed by atoms with Crippen molar-refractivity contribution in [2.45, 2.75) is 25.0 Å². The highest BCUT2D eigenvalue weighted by Crippen LogP contribution is 2.23. The Morgan fingerprint density at radius 3 is 2.59 bits per heavy atom. The van der Waals surface area contributed by atoms with Crippen LogP contribution in [0.5, 0.6) is 0 Å². The summed E-state index contributed by atoms with van der Waals surface area (Å²) >= 11 is 3.40. The number of amides is 1. The smallest absolute Gasteiger partial charge is 0.264 e. The number of benzene rings is 1. The first kappa shape index (κ1) is 17.9. The molecule has 1 aliphatic rings. The number of hydrogen-bond acceptors (Lipinski definition) is 5. The van der Waals surface area contributed by atoms with E-state index in [-0.39, 0.29) is 12.1 Å². The van der Waals surface area contributed by atoms with Crippen LogP contribution in [0.25, 0.3) is 16.7 Å². The molecule has 1 aliphatic heterocycles. The van der Waals surface area contributed by atoms with Crippen molar-refractivity contribution >= 4 is 33.4 Å². The second kappa shape index (κ2) is 6.90. The number of rotatable bonds is 4. The molecule has 2 aromatic heterocycles. The van der Waals surface area contributed by atoms with Crippen molar-refractivity contribution in [3.05, 3.63) is 51.6 Å². The van der Waals surface area contributed by atoms with E-state index in [0.717, 1.165) is 16.6 Å². The summed E-state index contributed by atoms with van der Waals surface area (Å²) in [4.78, 5) is 29.7. The second-order valence-corrected chi connectivity index (χ2v) is 7.73. The third kappa shape index (κ3) is 3.40. The van der Waals surface area contributed by atoms with Gasteiger partial charge in [-0.05, 0) is 37.1 Å². The van der Waals surface area contributed by atoms with E-state index >= 15 is 0 Å². The van der Waals surface area contributed by atoms with Gasteiger partial charge < -0.3 is 10.0 Å². The minimum atomic E-state index is -1.03. The lowest BCUT2D eigenvalue weighted by molar-refractivity contribution is -0.122. The van der Waals surface area contributed by atoms with Gasteiger partial charge in [-0.3, -0.25) is 14.2 Å². The molecule has 0 bridgehead atoms. The zero-order valence-electron chi connectivity index (χ0n) is 14.5. The average molecular weight is 432 g/mol. The number of aromatic nitrogens is 4. The van der Waals surface area contributed by atoms with E-state index in [9.17, 15) is 14.7 Å². The summed E-state index contributed by atoms with van der Waals surface area (Å²) in [6.07, 6.45) is 4.59. The zero-order valence-corrected chi connectivity index (χ0v) is 16.0. The predicted molar refractivity (Wildman–Crippen MR) is 103 cm³/mol. The van der Waals surface area contributed by atoms with Crippen LogP contribution in [0.1, 0.15) is 12.8 Å². The summed E-state index contributed by atoms with van der Waals surface area (Å²) in [5.41, 5.74) is 0.00840. The minimum absolute atomic E-state index is 0.144. The van der Waals surface area contributed by atoms with Gasteiger partial charge >= 0.3 is 0 Å². The maximum absolute atomic E-state index is 12.8. The lowest BCUT2D eigenvalue weighted by Gasteiger charge is -2.36. The van der Waals surface area contributed by atoms with Crippen LogP contribution in [0.3, 0.4) is 0 Å². The lowest BCUT2D eigenvalue weighted by Crippen LogP contribution is -2.47. The van der Waals surface area contributed by atoms with E-state index in [1.807, 2.05) is 24.3 Å². The Kier molecular flexibility index (Phi) is 4.56. The van der Waals surface area contributed by atoms with Crippen LogP contribution in [0.2, 0.25) is 0 Å². The number of carbonyl (C=O) groups is 1. The number of halogens is 1. The molecule has 0 unspecified atom stereocenters. The molecule has 140 valence electrons. The monoisotopic (exact) mass is 431 g/mol. The van der Waals surface area contributed by atoms with Gasteiger partial charge in [-0.25, -0.2) is 9.67 Å². The van der Waals surface area contributed by atoms with E-state index in [1.54, 1.807) is 9.58 Å². The minimum Gasteiger partial charge on any atom is -0.388 e. The van der Waals surface area contributed by atoms with E-state index in [4.69, 9.17) is 0 Å². The average Bonchev–Trinajstić information content (AvgIpc) is 3.10. The topological polar surface area (TPSA) is 93.2 Å². The van der Waals surface area contributed by atoms with Gasteiger partial charge in [-0.15, -0.1) is 0 Å². The van der Waals surface area contributed by atoms with Gasteiger partial charge in [0.25, 0.3) is 5.56 Å². The Morgan fingerprint density at radius 1 is 1.22 bits per heavy atom. The summed E-state index contributed by atoms with van der Waals surface area (Å²) < 4.78 is 3.99. The van der Waals surface area contributed by atoms with Crippen LogP contribution in [0, 0.1) is 0 Å². The van der Waals surface area contributed by atoms with Crippen molar-refractivity contribution in [2.24, 2.45) is 0 Å². The van der Waals surface area contributed by atoms with Gasteiger partial charge in [0.2, 0.25) is 6.41 Å². The van der Waals surface area contributed by atoms with Crippen LogP contribution in [0.15, 0.2) is 46.1 Å². The molecule has 3 aromatic rings. The van der Waals surface area contributed by atoms with Gasteiger partial charge in [0.05, 0.1) is 24.0 Å². The molecule has 1 amide bonds. The fraction of sp³-hybridized carbons (Fsp3) is 0.333. The fourth-order valence-corrected chi connectivity index (χ4v) is 3.62. The highest BCUT2D eigenvalue weighted by atomic mass is 79.9. The first-order valence-corrected chi connectivity index (χ1v) is 9.39. The third-order valence-corrected chi connectivity index (χ3v) is 5.50. The van der Waals surface area contributed by atoms with E-state index in [1.165, 1.54) is 17.1 Å². The molecule has 1 fully saturated rings. The molecule has 0 saturated carbocycles. The largest absolute Gasteiger partial charge is 0.388 e. The molecule has 0 atom stereocenters. The summed E-state index contributed by atoms with van der Waals surface area (Å²) in [6, 6.07) is 7.55. The van der Waals surface area contributed by atoms with Crippen molar-refractivity contribution in [1.29, 1.82) is 0 Å². The summed E-state index contributed by atoms with van der Waals surface area (Å²) in [7, 11) is 0. The first-order chi connectivity index (χ1) is 13.0. The van der Waals surface area contributed by atoms with Crippen molar-refractivity contribution in [3.8, 4) is 5.69 Å². The molecule has 1 saturated heterocycles. The molecule has 9 heteroatoms. The number of piperidine rings is 1. The maximum Gasteiger partial charge on any atom is 0.264 e. The summed E-state index contributed by atoms with van der Waals surface area (Å²) in [6.45, 7) is 1.10. The molecule has 8 nitrogen and oxygen atoms in total. The van der Waals surface area contributed by atoms with Gasteiger partial charge in [-0.2, -0.15) is 5.10 Å². The van der Waals surface area contributed by atoms with Crippen molar-refractivity contribution in [3.63, 3.8) is 0 Å². The molecular formula is C18H18BrN5O3. The fourth-order valence-electron chi connectivity index (χ4n) is 3.35. The van der Waals surface area contributed by atoms with E-state index in [0.29, 0.717) is 37.0 Å². The highest BCUT2D eigenvalue weighted by molar-refractivity contribution is 9.10. The van der Waals surface area contributed by atoms with Gasteiger partial charge in [-0.1, -0.05) is 15.9 Å².